The van der Waals surface area contributed by atoms with E-state index in [-0.39, 0.29) is 35.8 Å². The summed E-state index contributed by atoms with van der Waals surface area (Å²) in [5, 5.41) is 17.8. The summed E-state index contributed by atoms with van der Waals surface area (Å²) in [5.41, 5.74) is 2.33. The molecule has 2 aliphatic carbocycles. The van der Waals surface area contributed by atoms with Crippen molar-refractivity contribution in [3.8, 4) is 11.3 Å². The summed E-state index contributed by atoms with van der Waals surface area (Å²) in [6, 6.07) is 15.2. The average Bonchev–Trinajstić information content (AvgIpc) is 3.74. The molecule has 13 heteroatoms. The molecule has 3 aromatic rings. The lowest BCUT2D eigenvalue weighted by molar-refractivity contribution is -0.144. The average molecular weight is 754 g/mol. The van der Waals surface area contributed by atoms with E-state index in [4.69, 9.17) is 4.74 Å². The van der Waals surface area contributed by atoms with Crippen LogP contribution in [0.2, 0.25) is 0 Å². The Labute approximate surface area is 319 Å². The number of fused-ring (bicyclic) bond motifs is 1. The predicted octanol–water partition coefficient (Wildman–Crippen LogP) is 5.43. The Morgan fingerprint density at radius 3 is 2.53 bits per heavy atom. The smallest absolute Gasteiger partial charge is 0.330 e. The minimum absolute atomic E-state index is 0.0274. The van der Waals surface area contributed by atoms with Crippen LogP contribution in [0.15, 0.2) is 96.0 Å². The third-order valence-electron chi connectivity index (χ3n) is 9.92. The molecule has 2 heterocycles. The van der Waals surface area contributed by atoms with Gasteiger partial charge in [0.25, 0.3) is 5.91 Å². The molecule has 1 saturated carbocycles. The van der Waals surface area contributed by atoms with Crippen molar-refractivity contribution in [1.29, 1.82) is 0 Å². The number of hydrogen-bond donors (Lipinski definition) is 5. The van der Waals surface area contributed by atoms with Gasteiger partial charge in [-0.25, -0.2) is 14.0 Å². The van der Waals surface area contributed by atoms with E-state index in [1.807, 2.05) is 62.4 Å². The lowest BCUT2D eigenvalue weighted by Gasteiger charge is -2.29. The number of nitrogens with zero attached hydrogens (tertiary/aromatic N) is 1. The van der Waals surface area contributed by atoms with Gasteiger partial charge in [-0.15, -0.1) is 6.58 Å². The number of halogens is 1. The van der Waals surface area contributed by atoms with Gasteiger partial charge in [0.05, 0.1) is 7.11 Å². The summed E-state index contributed by atoms with van der Waals surface area (Å²) in [6.45, 7) is 8.08. The van der Waals surface area contributed by atoms with E-state index in [2.05, 4.69) is 27.5 Å². The van der Waals surface area contributed by atoms with E-state index in [0.717, 1.165) is 28.8 Å². The molecule has 3 aliphatic rings. The zero-order chi connectivity index (χ0) is 39.7. The Bertz CT molecular complexity index is 2030. The highest BCUT2D eigenvalue weighted by Gasteiger charge is 2.61. The van der Waals surface area contributed by atoms with E-state index >= 15 is 0 Å². The molecule has 0 bridgehead atoms. The van der Waals surface area contributed by atoms with Crippen LogP contribution >= 0.6 is 0 Å². The van der Waals surface area contributed by atoms with Crippen LogP contribution in [0.1, 0.15) is 61.1 Å². The first kappa shape index (κ1) is 40.2. The van der Waals surface area contributed by atoms with Crippen LogP contribution in [-0.4, -0.2) is 76.6 Å². The highest BCUT2D eigenvalue weighted by atomic mass is 19.1. The lowest BCUT2D eigenvalue weighted by atomic mass is 10.0. The van der Waals surface area contributed by atoms with Crippen molar-refractivity contribution in [3.63, 3.8) is 0 Å². The maximum Gasteiger partial charge on any atom is 0.330 e. The number of pyridine rings is 1. The predicted molar refractivity (Wildman–Crippen MR) is 207 cm³/mol. The summed E-state index contributed by atoms with van der Waals surface area (Å²) >= 11 is 0. The second-order valence-electron chi connectivity index (χ2n) is 14.3. The normalized spacial score (nSPS) is 20.1. The minimum atomic E-state index is -1.36. The molecule has 0 radical (unpaired) electrons. The monoisotopic (exact) mass is 753 g/mol. The Kier molecular flexibility index (Phi) is 13.1. The molecule has 4 atom stereocenters. The maximum absolute atomic E-state index is 13.4. The van der Waals surface area contributed by atoms with Crippen molar-refractivity contribution in [3.05, 3.63) is 124 Å². The standard InChI is InChI=1S/C25H33FN4O5.C17H15NO2/c1-4-17-13-25(17,23(33)34)29-22(32)20-9-6-10-30(20)24(35)28-19(11-15(2)3)14-27-21(31)16-7-5-8-18(26)12-16;1-20-13-7-9-14-15(10-8-13)18-16(11-17(14)19)12-5-3-2-4-6-12/h4-5,7-8,12,15,17,19-20H,1,6,9-11,13-14H2,2-3H3,(H,27,31)(H,28,35)(H,29,32)(H,33,34);2-9,11H,10H2,1H3,(H,18,19)/t17-,19?,20?,25-;/m1./s1. The number of ether oxygens (including phenoxy) is 1. The fraction of sp³-hybridized carbons (Fsp3) is 0.357. The molecule has 1 saturated heterocycles. The van der Waals surface area contributed by atoms with Crippen molar-refractivity contribution >= 4 is 29.9 Å². The number of amides is 4. The Morgan fingerprint density at radius 2 is 1.87 bits per heavy atom. The molecular formula is C42H48FN5O7. The van der Waals surface area contributed by atoms with Gasteiger partial charge in [-0.1, -0.05) is 56.3 Å². The Balaban J connectivity index is 0.000000244. The number of hydrogen-bond acceptors (Lipinski definition) is 6. The largest absolute Gasteiger partial charge is 0.497 e. The number of aromatic amines is 1. The van der Waals surface area contributed by atoms with Crippen molar-refractivity contribution < 1.29 is 33.4 Å². The van der Waals surface area contributed by atoms with Gasteiger partial charge < -0.3 is 35.7 Å². The van der Waals surface area contributed by atoms with Crippen LogP contribution in [0.5, 0.6) is 0 Å². The fourth-order valence-corrected chi connectivity index (χ4v) is 6.90. The number of urea groups is 1. The number of nitrogens with one attached hydrogen (secondary N) is 4. The second-order valence-corrected chi connectivity index (χ2v) is 14.3. The highest BCUT2D eigenvalue weighted by molar-refractivity contribution is 5.95. The first-order chi connectivity index (χ1) is 26.3. The number of methoxy groups -OCH3 is 1. The Hall–Kier alpha value is -5.98. The van der Waals surface area contributed by atoms with Gasteiger partial charge in [0.15, 0.2) is 5.43 Å². The van der Waals surface area contributed by atoms with Crippen LogP contribution in [0, 0.1) is 17.7 Å². The number of aromatic nitrogens is 1. The van der Waals surface area contributed by atoms with Crippen LogP contribution in [0.4, 0.5) is 9.18 Å². The first-order valence-electron chi connectivity index (χ1n) is 18.4. The molecule has 0 spiro atoms. The zero-order valence-electron chi connectivity index (χ0n) is 31.3. The summed E-state index contributed by atoms with van der Waals surface area (Å²) in [7, 11) is 1.63. The summed E-state index contributed by atoms with van der Waals surface area (Å²) < 4.78 is 18.6. The number of aliphatic carboxylic acids is 1. The number of rotatable bonds is 12. The summed E-state index contributed by atoms with van der Waals surface area (Å²) in [4.78, 5) is 67.2. The fourth-order valence-electron chi connectivity index (χ4n) is 6.90. The molecule has 55 heavy (non-hydrogen) atoms. The molecule has 1 aromatic heterocycles. The number of carbonyl (C=O) groups is 4. The van der Waals surface area contributed by atoms with Gasteiger partial charge in [0, 0.05) is 60.1 Å². The van der Waals surface area contributed by atoms with Gasteiger partial charge in [-0.05, 0) is 73.6 Å². The zero-order valence-corrected chi connectivity index (χ0v) is 31.3. The molecular weight excluding hydrogens is 705 g/mol. The van der Waals surface area contributed by atoms with Crippen molar-refractivity contribution in [2.75, 3.05) is 20.2 Å². The number of H-pyrrole nitrogens is 1. The van der Waals surface area contributed by atoms with Crippen LogP contribution in [0.25, 0.3) is 17.3 Å². The van der Waals surface area contributed by atoms with Gasteiger partial charge in [0.2, 0.25) is 5.91 Å². The molecule has 2 unspecified atom stereocenters. The first-order valence-corrected chi connectivity index (χ1v) is 18.4. The van der Waals surface area contributed by atoms with Crippen molar-refractivity contribution in [2.45, 2.75) is 63.6 Å². The number of benzene rings is 2. The van der Waals surface area contributed by atoms with Gasteiger partial charge >= 0.3 is 12.0 Å². The molecule has 12 nitrogen and oxygen atoms in total. The molecule has 6 rings (SSSR count). The highest BCUT2D eigenvalue weighted by Crippen LogP contribution is 2.44. The molecule has 2 fully saturated rings. The van der Waals surface area contributed by atoms with Crippen LogP contribution in [0.3, 0.4) is 0 Å². The molecule has 2 aromatic carbocycles. The molecule has 290 valence electrons. The van der Waals surface area contributed by atoms with E-state index in [1.165, 1.54) is 29.2 Å². The lowest BCUT2D eigenvalue weighted by Crippen LogP contribution is -2.56. The maximum atomic E-state index is 13.4. The summed E-state index contributed by atoms with van der Waals surface area (Å²) in [5.74, 6) is -1.94. The second kappa shape index (κ2) is 17.9. The van der Waals surface area contributed by atoms with Crippen molar-refractivity contribution in [2.24, 2.45) is 11.8 Å². The van der Waals surface area contributed by atoms with E-state index in [0.29, 0.717) is 37.8 Å². The third kappa shape index (κ3) is 9.97. The Morgan fingerprint density at radius 1 is 1.11 bits per heavy atom. The van der Waals surface area contributed by atoms with E-state index in [9.17, 15) is 33.5 Å². The number of carboxylic acids is 1. The number of likely N-dealkylation sites (tertiary alicyclic amines) is 1. The third-order valence-corrected chi connectivity index (χ3v) is 9.92. The molecule has 1 aliphatic heterocycles. The van der Waals surface area contributed by atoms with Crippen molar-refractivity contribution in [1.82, 2.24) is 25.8 Å². The van der Waals surface area contributed by atoms with E-state index < -0.39 is 47.3 Å². The molecule has 5 N–H and O–H groups in total. The van der Waals surface area contributed by atoms with Crippen LogP contribution in [-0.2, 0) is 20.7 Å². The summed E-state index contributed by atoms with van der Waals surface area (Å²) in [6.07, 6.45) is 9.66. The topological polar surface area (TPSA) is 170 Å². The van der Waals surface area contributed by atoms with E-state index in [1.54, 1.807) is 13.2 Å². The van der Waals surface area contributed by atoms with Gasteiger partial charge in [-0.2, -0.15) is 0 Å². The minimum Gasteiger partial charge on any atom is -0.497 e. The quantitative estimate of drug-likeness (QED) is 0.154. The number of carbonyl (C=O) groups excluding carboxylic acids is 3. The van der Waals surface area contributed by atoms with Crippen LogP contribution < -0.4 is 21.4 Å². The number of carboxylic acid groups (broad SMARTS) is 1. The molecule has 4 amide bonds. The van der Waals surface area contributed by atoms with Gasteiger partial charge in [-0.3, -0.25) is 14.4 Å². The number of allylic oxidation sites excluding steroid dienone is 2. The SMILES string of the molecule is C=C[C@@H]1C[C@]1(NC(=O)C1CCCN1C(=O)NC(CNC(=O)c1cccc(F)c1)CC(C)C)C(=O)O.COC1=CCc2[nH]c(-c3ccccc3)cc(=O)c2C=C1. The van der Waals surface area contributed by atoms with Gasteiger partial charge in [0.1, 0.15) is 23.2 Å².